The molecule has 17 rings (SSSR count). The molecule has 0 radical (unpaired) electrons. The van der Waals surface area contributed by atoms with Crippen molar-refractivity contribution in [1.82, 2.24) is 0 Å². The van der Waals surface area contributed by atoms with E-state index in [9.17, 15) is 0 Å². The topological polar surface area (TPSA) is 9.72 Å². The van der Waals surface area contributed by atoms with Crippen LogP contribution in [0.2, 0.25) is 0 Å². The fourth-order valence-corrected chi connectivity index (χ4v) is 25.2. The molecule has 0 fully saturated rings. The first-order chi connectivity index (χ1) is 47.6. The average molecular weight is 1260 g/mol. The van der Waals surface area contributed by atoms with Crippen molar-refractivity contribution in [2.75, 3.05) is 14.7 Å². The number of hydrogen-bond acceptors (Lipinski definition) is 3. The van der Waals surface area contributed by atoms with E-state index in [1.165, 1.54) is 69.0 Å². The minimum absolute atomic E-state index is 0.153. The summed E-state index contributed by atoms with van der Waals surface area (Å²) in [7, 11) is -5.81. The Kier molecular flexibility index (Phi) is 15.1. The molecule has 452 valence electrons. The zero-order chi connectivity index (χ0) is 63.8. The van der Waals surface area contributed by atoms with E-state index in [4.69, 9.17) is 0 Å². The maximum Gasteiger partial charge on any atom is 0.252 e. The molecule has 0 aromatic heterocycles. The Morgan fingerprint density at radius 2 is 0.469 bits per heavy atom. The normalized spacial score (nSPS) is 12.3. The van der Waals surface area contributed by atoms with E-state index < -0.39 is 16.1 Å². The van der Waals surface area contributed by atoms with Gasteiger partial charge in [0.25, 0.3) is 6.71 Å². The van der Waals surface area contributed by atoms with Crippen molar-refractivity contribution in [2.45, 2.75) is 0 Å². The van der Waals surface area contributed by atoms with Crippen molar-refractivity contribution in [2.24, 2.45) is 0 Å². The lowest BCUT2D eigenvalue weighted by molar-refractivity contribution is 1.23. The highest BCUT2D eigenvalue weighted by molar-refractivity contribution is 7.20. The van der Waals surface area contributed by atoms with E-state index in [0.29, 0.717) is 0 Å². The monoisotopic (exact) mass is 1260 g/mol. The summed E-state index contributed by atoms with van der Waals surface area (Å²) in [5.74, 6) is 0. The summed E-state index contributed by atoms with van der Waals surface area (Å²) >= 11 is 0. The van der Waals surface area contributed by atoms with Crippen LogP contribution in [-0.4, -0.2) is 22.9 Å². The third-order valence-electron chi connectivity index (χ3n) is 19.9. The van der Waals surface area contributed by atoms with Gasteiger partial charge in [0, 0.05) is 45.5 Å². The van der Waals surface area contributed by atoms with Crippen LogP contribution in [0.25, 0.3) is 22.3 Å². The summed E-state index contributed by atoms with van der Waals surface area (Å²) in [6, 6.07) is 150. The van der Waals surface area contributed by atoms with Gasteiger partial charge in [0.2, 0.25) is 0 Å². The van der Waals surface area contributed by atoms with Crippen molar-refractivity contribution < 1.29 is 0 Å². The highest BCUT2D eigenvalue weighted by atomic mass is 28.3. The molecule has 0 unspecified atom stereocenters. The van der Waals surface area contributed by atoms with Gasteiger partial charge in [0.1, 0.15) is 0 Å². The highest BCUT2D eigenvalue weighted by Crippen LogP contribution is 2.49. The molecule has 0 saturated carbocycles. The average Bonchev–Trinajstić information content (AvgIpc) is 0.688. The van der Waals surface area contributed by atoms with Crippen molar-refractivity contribution >= 4 is 132 Å². The number of para-hydroxylation sites is 2. The van der Waals surface area contributed by atoms with E-state index in [-0.39, 0.29) is 6.71 Å². The fourth-order valence-electron chi connectivity index (χ4n) is 15.7. The lowest BCUT2D eigenvalue weighted by Gasteiger charge is -2.45. The van der Waals surface area contributed by atoms with Gasteiger partial charge in [-0.2, -0.15) is 0 Å². The molecule has 15 aromatic carbocycles. The van der Waals surface area contributed by atoms with E-state index in [1.807, 2.05) is 0 Å². The maximum absolute atomic E-state index is 2.90. The Morgan fingerprint density at radius 3 is 0.760 bits per heavy atom. The van der Waals surface area contributed by atoms with Crippen LogP contribution in [0, 0.1) is 0 Å². The first kappa shape index (κ1) is 58.1. The smallest absolute Gasteiger partial charge is 0.252 e. The van der Waals surface area contributed by atoms with Gasteiger partial charge in [-0.25, -0.2) is 0 Å². The predicted octanol–water partition coefficient (Wildman–Crippen LogP) is 15.3. The highest BCUT2D eigenvalue weighted by Gasteiger charge is 2.47. The Hall–Kier alpha value is -11.8. The maximum atomic E-state index is 2.60. The Labute approximate surface area is 565 Å². The van der Waals surface area contributed by atoms with Gasteiger partial charge in [-0.05, 0) is 153 Å². The van der Waals surface area contributed by atoms with Crippen LogP contribution in [0.15, 0.2) is 400 Å². The van der Waals surface area contributed by atoms with Gasteiger partial charge >= 0.3 is 0 Å². The van der Waals surface area contributed by atoms with Crippen molar-refractivity contribution in [3.05, 3.63) is 400 Å². The van der Waals surface area contributed by atoms with Gasteiger partial charge in [-0.1, -0.05) is 328 Å². The molecule has 0 bridgehead atoms. The Bertz CT molecular complexity index is 4680. The third kappa shape index (κ3) is 9.88. The number of hydrogen-bond donors (Lipinski definition) is 0. The molecular formula is C90H66BN3Si2. The second-order valence-corrected chi connectivity index (χ2v) is 32.7. The van der Waals surface area contributed by atoms with Crippen molar-refractivity contribution in [3.8, 4) is 22.3 Å². The molecule has 0 spiro atoms. The molecule has 2 aliphatic heterocycles. The molecule has 0 aliphatic carbocycles. The largest absolute Gasteiger partial charge is 0.311 e. The second kappa shape index (κ2) is 24.9. The summed E-state index contributed by atoms with van der Waals surface area (Å²) in [5.41, 5.74) is 18.3. The van der Waals surface area contributed by atoms with Crippen LogP contribution in [-0.2, 0) is 0 Å². The van der Waals surface area contributed by atoms with Crippen LogP contribution >= 0.6 is 0 Å². The minimum atomic E-state index is -2.90. The number of nitrogens with zero attached hydrogens (tertiary/aromatic N) is 3. The first-order valence-electron chi connectivity index (χ1n) is 33.3. The second-order valence-electron chi connectivity index (χ2n) is 25.1. The molecular weight excluding hydrogens is 1190 g/mol. The molecule has 0 N–H and O–H groups in total. The molecule has 15 aromatic rings. The molecule has 3 nitrogen and oxygen atoms in total. The lowest BCUT2D eigenvalue weighted by atomic mass is 9.33. The lowest BCUT2D eigenvalue weighted by Crippen LogP contribution is -2.74. The zero-order valence-electron chi connectivity index (χ0n) is 53.0. The SMILES string of the molecule is c1ccc(-c2ccc3c(c2)N(c2ccc([Si](c4ccccc4)(c4ccccc4)c4ccccc4)cc2)c2cc(N(c4ccccc4)c4ccccc4)cc4c2B3c2ccc(-c3ccccc3)cc2N4c2ccc([Si](c3ccccc3)(c3ccccc3)c3ccccc3)cc2)cc1. The van der Waals surface area contributed by atoms with Crippen molar-refractivity contribution in [3.63, 3.8) is 0 Å². The quantitative estimate of drug-likeness (QED) is 0.0748. The predicted molar refractivity (Wildman–Crippen MR) is 413 cm³/mol. The number of rotatable bonds is 15. The van der Waals surface area contributed by atoms with Crippen LogP contribution in [0.3, 0.4) is 0 Å². The summed E-state index contributed by atoms with van der Waals surface area (Å²) < 4.78 is 0. The Morgan fingerprint density at radius 1 is 0.208 bits per heavy atom. The van der Waals surface area contributed by atoms with Crippen LogP contribution in [0.5, 0.6) is 0 Å². The number of benzene rings is 15. The van der Waals surface area contributed by atoms with Crippen LogP contribution < -0.4 is 72.6 Å². The fraction of sp³-hybridized carbons (Fsp3) is 0. The van der Waals surface area contributed by atoms with Crippen molar-refractivity contribution in [1.29, 1.82) is 0 Å². The molecule has 0 atom stereocenters. The van der Waals surface area contributed by atoms with E-state index in [2.05, 4.69) is 415 Å². The minimum Gasteiger partial charge on any atom is -0.311 e. The summed E-state index contributed by atoms with van der Waals surface area (Å²) in [6.45, 7) is -0.153. The molecule has 96 heavy (non-hydrogen) atoms. The van der Waals surface area contributed by atoms with E-state index in [0.717, 1.165) is 62.3 Å². The van der Waals surface area contributed by atoms with Gasteiger partial charge in [-0.15, -0.1) is 0 Å². The molecule has 2 aliphatic rings. The summed E-state index contributed by atoms with van der Waals surface area (Å²) in [6.07, 6.45) is 0. The first-order valence-corrected chi connectivity index (χ1v) is 37.3. The molecule has 0 saturated heterocycles. The summed E-state index contributed by atoms with van der Waals surface area (Å²) in [4.78, 5) is 7.64. The van der Waals surface area contributed by atoms with Gasteiger partial charge in [0.05, 0.1) is 5.69 Å². The van der Waals surface area contributed by atoms with Gasteiger partial charge < -0.3 is 14.7 Å². The third-order valence-corrected chi connectivity index (χ3v) is 29.5. The molecule has 0 amide bonds. The Balaban J connectivity index is 0.954. The molecule has 2 heterocycles. The zero-order valence-corrected chi connectivity index (χ0v) is 55.0. The number of fused-ring (bicyclic) bond motifs is 4. The van der Waals surface area contributed by atoms with Gasteiger partial charge in [0.15, 0.2) is 16.1 Å². The molecule has 6 heteroatoms. The van der Waals surface area contributed by atoms with Crippen LogP contribution in [0.1, 0.15) is 0 Å². The van der Waals surface area contributed by atoms with E-state index in [1.54, 1.807) is 0 Å². The van der Waals surface area contributed by atoms with E-state index >= 15 is 0 Å². The van der Waals surface area contributed by atoms with Crippen LogP contribution in [0.4, 0.5) is 51.2 Å². The standard InChI is InChI=1S/C90H66BN3Si2/c1-11-31-67(32-12-1)69-51-61-84-86(63-69)93(73-53-57-82(58-54-73)95(76-39-19-5-20-40-76,77-41-21-6-22-42-77)78-43-23-7-24-44-78)88-65-75(92(71-35-15-3-16-36-71)72-37-17-4-18-38-72)66-89-90(88)91(84)85-62-52-70(68-33-13-2-14-34-68)64-87(85)94(89)74-55-59-83(60-56-74)96(79-45-25-8-26-46-79,80-47-27-9-28-48-80)81-49-29-10-30-50-81/h1-66H. The number of anilines is 9. The summed E-state index contributed by atoms with van der Waals surface area (Å²) in [5, 5.41) is 10.7. The van der Waals surface area contributed by atoms with Gasteiger partial charge in [-0.3, -0.25) is 0 Å².